The van der Waals surface area contributed by atoms with Gasteiger partial charge in [-0.1, -0.05) is 59.8 Å². The molecule has 38 heavy (non-hydrogen) atoms. The van der Waals surface area contributed by atoms with Gasteiger partial charge < -0.3 is 5.32 Å². The van der Waals surface area contributed by atoms with E-state index in [9.17, 15) is 9.59 Å². The number of hydrogen-bond acceptors (Lipinski definition) is 7. The van der Waals surface area contributed by atoms with Crippen LogP contribution in [-0.4, -0.2) is 26.2 Å². The Labute approximate surface area is 236 Å². The van der Waals surface area contributed by atoms with Gasteiger partial charge >= 0.3 is 0 Å². The predicted molar refractivity (Wildman–Crippen MR) is 158 cm³/mol. The molecule has 10 heteroatoms. The number of fused-ring (bicyclic) bond motifs is 3. The number of hydrogen-bond donors (Lipinski definition) is 1. The average Bonchev–Trinajstić information content (AvgIpc) is 3.53. The molecule has 6 rings (SSSR count). The van der Waals surface area contributed by atoms with E-state index >= 15 is 0 Å². The molecule has 0 atom stereocenters. The molecule has 6 nitrogen and oxygen atoms in total. The molecule has 0 fully saturated rings. The number of rotatable bonds is 7. The van der Waals surface area contributed by atoms with Crippen molar-refractivity contribution in [2.24, 2.45) is 0 Å². The monoisotopic (exact) mass is 578 g/mol. The van der Waals surface area contributed by atoms with Gasteiger partial charge in [0.1, 0.15) is 4.83 Å². The molecule has 3 aromatic heterocycles. The molecule has 2 aromatic carbocycles. The summed E-state index contributed by atoms with van der Waals surface area (Å²) in [6.45, 7) is 0. The molecule has 0 saturated carbocycles. The zero-order chi connectivity index (χ0) is 26.1. The molecule has 0 bridgehead atoms. The molecule has 0 unspecified atom stereocenters. The van der Waals surface area contributed by atoms with Crippen LogP contribution in [0.2, 0.25) is 5.02 Å². The second kappa shape index (κ2) is 11.0. The molecule has 0 aliphatic heterocycles. The highest BCUT2D eigenvalue weighted by Crippen LogP contribution is 2.35. The third-order valence-corrected chi connectivity index (χ3v) is 9.83. The van der Waals surface area contributed by atoms with Gasteiger partial charge in [-0.3, -0.25) is 14.2 Å². The Morgan fingerprint density at radius 3 is 2.68 bits per heavy atom. The minimum Gasteiger partial charge on any atom is -0.301 e. The van der Waals surface area contributed by atoms with E-state index in [1.807, 2.05) is 54.6 Å². The van der Waals surface area contributed by atoms with Crippen molar-refractivity contribution in [3.63, 3.8) is 0 Å². The van der Waals surface area contributed by atoms with Gasteiger partial charge in [0, 0.05) is 27.4 Å². The number of thiazole rings is 1. The first kappa shape index (κ1) is 25.3. The summed E-state index contributed by atoms with van der Waals surface area (Å²) in [5, 5.41) is 5.38. The molecule has 0 saturated heterocycles. The number of amides is 1. The summed E-state index contributed by atoms with van der Waals surface area (Å²) in [6.07, 6.45) is 6.57. The van der Waals surface area contributed by atoms with E-state index in [1.165, 1.54) is 28.0 Å². The number of anilines is 1. The molecule has 0 spiro atoms. The SMILES string of the molecule is O=C(CSc1nc2sc3c(c2c(=O)n1-c1ccccc1)CCCC3)Nc1ncc(Cc2ccccc2Cl)s1. The molecule has 5 aromatic rings. The zero-order valence-electron chi connectivity index (χ0n) is 20.3. The smallest absolute Gasteiger partial charge is 0.267 e. The van der Waals surface area contributed by atoms with E-state index in [1.54, 1.807) is 22.1 Å². The van der Waals surface area contributed by atoms with Gasteiger partial charge in [0.2, 0.25) is 5.91 Å². The summed E-state index contributed by atoms with van der Waals surface area (Å²) in [5.74, 6) is -0.0944. The number of carbonyl (C=O) groups is 1. The maximum absolute atomic E-state index is 13.8. The van der Waals surface area contributed by atoms with Crippen molar-refractivity contribution in [1.82, 2.24) is 14.5 Å². The van der Waals surface area contributed by atoms with Crippen LogP contribution in [-0.2, 0) is 24.1 Å². The van der Waals surface area contributed by atoms with Crippen molar-refractivity contribution in [1.29, 1.82) is 0 Å². The second-order valence-electron chi connectivity index (χ2n) is 9.00. The molecule has 1 amide bonds. The fraction of sp³-hybridized carbons (Fsp3) is 0.214. The van der Waals surface area contributed by atoms with Crippen molar-refractivity contribution in [2.75, 3.05) is 11.1 Å². The molecule has 1 aliphatic rings. The lowest BCUT2D eigenvalue weighted by Crippen LogP contribution is -2.23. The fourth-order valence-electron chi connectivity index (χ4n) is 4.65. The molecule has 0 radical (unpaired) electrons. The number of benzene rings is 2. The zero-order valence-corrected chi connectivity index (χ0v) is 23.5. The summed E-state index contributed by atoms with van der Waals surface area (Å²) in [6, 6.07) is 17.2. The minimum atomic E-state index is -0.201. The lowest BCUT2D eigenvalue weighted by atomic mass is 9.97. The number of aryl methyl sites for hydroxylation is 2. The summed E-state index contributed by atoms with van der Waals surface area (Å²) in [5.41, 5.74) is 2.85. The highest BCUT2D eigenvalue weighted by atomic mass is 35.5. The van der Waals surface area contributed by atoms with E-state index in [2.05, 4.69) is 10.3 Å². The molecule has 1 aliphatic carbocycles. The van der Waals surface area contributed by atoms with Gasteiger partial charge in [-0.05, 0) is 55.0 Å². The number of carbonyl (C=O) groups excluding carboxylic acids is 1. The van der Waals surface area contributed by atoms with Crippen LogP contribution in [0.3, 0.4) is 0 Å². The second-order valence-corrected chi connectivity index (χ2v) is 12.5. The Hall–Kier alpha value is -2.98. The quantitative estimate of drug-likeness (QED) is 0.171. The van der Waals surface area contributed by atoms with Crippen molar-refractivity contribution < 1.29 is 4.79 Å². The number of halogens is 1. The van der Waals surface area contributed by atoms with Crippen LogP contribution >= 0.6 is 46.0 Å². The molecule has 1 N–H and O–H groups in total. The molecule has 192 valence electrons. The summed E-state index contributed by atoms with van der Waals surface area (Å²) < 4.78 is 1.65. The summed E-state index contributed by atoms with van der Waals surface area (Å²) >= 11 is 10.6. The number of para-hydroxylation sites is 1. The number of aromatic nitrogens is 3. The largest absolute Gasteiger partial charge is 0.301 e. The van der Waals surface area contributed by atoms with Crippen molar-refractivity contribution >= 4 is 67.3 Å². The van der Waals surface area contributed by atoms with Gasteiger partial charge in [-0.15, -0.1) is 22.7 Å². The first-order chi connectivity index (χ1) is 18.6. The first-order valence-electron chi connectivity index (χ1n) is 12.3. The number of nitrogens with zero attached hydrogens (tertiary/aromatic N) is 3. The number of thioether (sulfide) groups is 1. The van der Waals surface area contributed by atoms with Crippen molar-refractivity contribution in [2.45, 2.75) is 37.3 Å². The van der Waals surface area contributed by atoms with Crippen molar-refractivity contribution in [3.8, 4) is 5.69 Å². The highest BCUT2D eigenvalue weighted by molar-refractivity contribution is 7.99. The van der Waals surface area contributed by atoms with Gasteiger partial charge in [0.25, 0.3) is 5.56 Å². The maximum atomic E-state index is 13.8. The van der Waals surface area contributed by atoms with Gasteiger partial charge in [-0.2, -0.15) is 0 Å². The Morgan fingerprint density at radius 1 is 1.05 bits per heavy atom. The minimum absolute atomic E-state index is 0.0624. The summed E-state index contributed by atoms with van der Waals surface area (Å²) in [7, 11) is 0. The highest BCUT2D eigenvalue weighted by Gasteiger charge is 2.23. The lowest BCUT2D eigenvalue weighted by Gasteiger charge is -2.13. The van der Waals surface area contributed by atoms with E-state index in [0.717, 1.165) is 57.6 Å². The Balaban J connectivity index is 1.23. The van der Waals surface area contributed by atoms with Crippen LogP contribution < -0.4 is 10.9 Å². The van der Waals surface area contributed by atoms with Crippen LogP contribution in [0, 0.1) is 0 Å². The Kier molecular flexibility index (Phi) is 7.34. The van der Waals surface area contributed by atoms with Gasteiger partial charge in [-0.25, -0.2) is 9.97 Å². The molecular weight excluding hydrogens is 556 g/mol. The number of nitrogens with one attached hydrogen (secondary N) is 1. The van der Waals surface area contributed by atoms with Gasteiger partial charge in [0.05, 0.1) is 16.8 Å². The van der Waals surface area contributed by atoms with Crippen LogP contribution in [0.15, 0.2) is 70.7 Å². The topological polar surface area (TPSA) is 76.9 Å². The lowest BCUT2D eigenvalue weighted by molar-refractivity contribution is -0.113. The normalized spacial score (nSPS) is 13.0. The van der Waals surface area contributed by atoms with Crippen molar-refractivity contribution in [3.05, 3.63) is 97.1 Å². The standard InChI is InChI=1S/C28H23ClN4O2S3/c29-21-12-6-4-8-17(21)14-19-15-30-27(37-19)31-23(34)16-36-28-32-25-24(20-11-5-7-13-22(20)38-25)26(35)33(28)18-9-2-1-3-10-18/h1-4,6,8-10,12,15H,5,7,11,13-14,16H2,(H,30,31,34). The third kappa shape index (κ3) is 5.16. The van der Waals surface area contributed by atoms with Crippen LogP contribution in [0.1, 0.15) is 33.7 Å². The van der Waals surface area contributed by atoms with Crippen LogP contribution in [0.5, 0.6) is 0 Å². The summed E-state index contributed by atoms with van der Waals surface area (Å²) in [4.78, 5) is 39.0. The molecule has 3 heterocycles. The number of thiophene rings is 1. The van der Waals surface area contributed by atoms with E-state index < -0.39 is 0 Å². The van der Waals surface area contributed by atoms with E-state index in [4.69, 9.17) is 16.6 Å². The van der Waals surface area contributed by atoms with E-state index in [0.29, 0.717) is 21.7 Å². The van der Waals surface area contributed by atoms with Crippen LogP contribution in [0.4, 0.5) is 5.13 Å². The van der Waals surface area contributed by atoms with E-state index in [-0.39, 0.29) is 17.2 Å². The third-order valence-electron chi connectivity index (χ3n) is 6.43. The maximum Gasteiger partial charge on any atom is 0.267 e. The predicted octanol–water partition coefficient (Wildman–Crippen LogP) is 6.76. The first-order valence-corrected chi connectivity index (χ1v) is 15.3. The Morgan fingerprint density at radius 2 is 1.84 bits per heavy atom. The Bertz CT molecular complexity index is 1690. The molecular formula is C28H23ClN4O2S3. The van der Waals surface area contributed by atoms with Gasteiger partial charge in [0.15, 0.2) is 10.3 Å². The fourth-order valence-corrected chi connectivity index (χ4v) is 7.82. The average molecular weight is 579 g/mol. The van der Waals surface area contributed by atoms with Crippen LogP contribution in [0.25, 0.3) is 15.9 Å².